The average Bonchev–Trinajstić information content (AvgIpc) is 3.11. The summed E-state index contributed by atoms with van der Waals surface area (Å²) >= 11 is 0. The van der Waals surface area contributed by atoms with Crippen molar-refractivity contribution in [3.05, 3.63) is 31.4 Å². The van der Waals surface area contributed by atoms with Gasteiger partial charge in [0, 0.05) is 37.9 Å². The molecule has 20 heavy (non-hydrogen) atoms. The Labute approximate surface area is 118 Å². The van der Waals surface area contributed by atoms with Crippen molar-refractivity contribution in [1.82, 2.24) is 29.6 Å². The first-order chi connectivity index (χ1) is 9.78. The molecule has 2 aromatic rings. The van der Waals surface area contributed by atoms with Crippen LogP contribution in [0.2, 0.25) is 0 Å². The van der Waals surface area contributed by atoms with Crippen LogP contribution in [0.3, 0.4) is 0 Å². The number of rotatable bonds is 8. The highest BCUT2D eigenvalue weighted by atomic mass is 16.1. The average molecular weight is 276 g/mol. The molecule has 0 saturated carbocycles. The van der Waals surface area contributed by atoms with Gasteiger partial charge in [-0.15, -0.1) is 0 Å². The topological polar surface area (TPSA) is 77.6 Å². The largest absolute Gasteiger partial charge is 0.352 e. The maximum absolute atomic E-state index is 11.9. The second-order valence-electron chi connectivity index (χ2n) is 4.69. The molecule has 1 amide bonds. The zero-order valence-corrected chi connectivity index (χ0v) is 11.6. The number of amides is 1. The van der Waals surface area contributed by atoms with Crippen LogP contribution in [0.4, 0.5) is 0 Å². The number of aromatic nitrogens is 5. The molecule has 0 aliphatic heterocycles. The number of aryl methyl sites for hydroxylation is 1. The number of carbonyl (C=O) groups excluding carboxylic acids is 1. The highest BCUT2D eigenvalue weighted by Crippen LogP contribution is 2.00. The second kappa shape index (κ2) is 7.42. The van der Waals surface area contributed by atoms with E-state index in [0.717, 1.165) is 19.4 Å². The molecule has 7 heteroatoms. The zero-order valence-electron chi connectivity index (χ0n) is 11.6. The van der Waals surface area contributed by atoms with Crippen molar-refractivity contribution >= 4 is 5.91 Å². The SMILES string of the molecule is CC[C@H](Cn1ccnc1)NC(=O)CCCn1cncn1. The Hall–Kier alpha value is -2.18. The second-order valence-corrected chi connectivity index (χ2v) is 4.69. The number of carbonyl (C=O) groups is 1. The molecule has 2 heterocycles. The molecule has 108 valence electrons. The Kier molecular flexibility index (Phi) is 5.28. The molecule has 2 aromatic heterocycles. The summed E-state index contributed by atoms with van der Waals surface area (Å²) in [5.74, 6) is 0.0806. The minimum Gasteiger partial charge on any atom is -0.352 e. The van der Waals surface area contributed by atoms with Crippen molar-refractivity contribution in [3.8, 4) is 0 Å². The smallest absolute Gasteiger partial charge is 0.220 e. The van der Waals surface area contributed by atoms with Crippen molar-refractivity contribution in [3.63, 3.8) is 0 Å². The van der Waals surface area contributed by atoms with Gasteiger partial charge in [0.25, 0.3) is 0 Å². The quantitative estimate of drug-likeness (QED) is 0.775. The van der Waals surface area contributed by atoms with E-state index in [0.29, 0.717) is 13.0 Å². The van der Waals surface area contributed by atoms with E-state index in [4.69, 9.17) is 0 Å². The summed E-state index contributed by atoms with van der Waals surface area (Å²) in [6.07, 6.45) is 10.7. The molecule has 0 bridgehead atoms. The van der Waals surface area contributed by atoms with Crippen LogP contribution < -0.4 is 5.32 Å². The van der Waals surface area contributed by atoms with Crippen LogP contribution in [-0.2, 0) is 17.9 Å². The van der Waals surface area contributed by atoms with Gasteiger partial charge in [-0.2, -0.15) is 5.10 Å². The van der Waals surface area contributed by atoms with Crippen LogP contribution >= 0.6 is 0 Å². The predicted molar refractivity (Wildman–Crippen MR) is 73.7 cm³/mol. The van der Waals surface area contributed by atoms with Gasteiger partial charge in [0.15, 0.2) is 0 Å². The van der Waals surface area contributed by atoms with Gasteiger partial charge in [-0.1, -0.05) is 6.92 Å². The van der Waals surface area contributed by atoms with Crippen molar-refractivity contribution < 1.29 is 4.79 Å². The van der Waals surface area contributed by atoms with Gasteiger partial charge in [0.1, 0.15) is 12.7 Å². The number of hydrogen-bond donors (Lipinski definition) is 1. The molecular weight excluding hydrogens is 256 g/mol. The molecule has 0 aromatic carbocycles. The molecule has 0 unspecified atom stereocenters. The van der Waals surface area contributed by atoms with Gasteiger partial charge in [-0.25, -0.2) is 9.97 Å². The number of nitrogens with one attached hydrogen (secondary N) is 1. The van der Waals surface area contributed by atoms with E-state index in [2.05, 4.69) is 27.3 Å². The highest BCUT2D eigenvalue weighted by molar-refractivity contribution is 5.76. The van der Waals surface area contributed by atoms with E-state index >= 15 is 0 Å². The summed E-state index contributed by atoms with van der Waals surface area (Å²) in [6, 6.07) is 0.142. The molecular formula is C13H20N6O. The summed E-state index contributed by atoms with van der Waals surface area (Å²) in [5, 5.41) is 7.06. The van der Waals surface area contributed by atoms with Gasteiger partial charge in [-0.3, -0.25) is 9.48 Å². The Morgan fingerprint density at radius 2 is 2.25 bits per heavy atom. The molecule has 2 rings (SSSR count). The Balaban J connectivity index is 1.69. The van der Waals surface area contributed by atoms with Crippen molar-refractivity contribution in [2.75, 3.05) is 0 Å². The Morgan fingerprint density at radius 1 is 1.35 bits per heavy atom. The summed E-state index contributed by atoms with van der Waals surface area (Å²) in [4.78, 5) is 19.8. The maximum Gasteiger partial charge on any atom is 0.220 e. The molecule has 0 fully saturated rings. The van der Waals surface area contributed by atoms with Gasteiger partial charge in [0.2, 0.25) is 5.91 Å². The molecule has 0 spiro atoms. The number of imidazole rings is 1. The lowest BCUT2D eigenvalue weighted by Crippen LogP contribution is -2.37. The van der Waals surface area contributed by atoms with Crippen LogP contribution in [0, 0.1) is 0 Å². The van der Waals surface area contributed by atoms with Gasteiger partial charge in [-0.05, 0) is 12.8 Å². The van der Waals surface area contributed by atoms with E-state index in [1.165, 1.54) is 6.33 Å². The van der Waals surface area contributed by atoms with Crippen molar-refractivity contribution in [2.24, 2.45) is 0 Å². The van der Waals surface area contributed by atoms with E-state index in [1.807, 2.05) is 10.8 Å². The van der Waals surface area contributed by atoms with Crippen molar-refractivity contribution in [1.29, 1.82) is 0 Å². The standard InChI is InChI=1S/C13H20N6O/c1-2-12(8-18-7-5-14-10-18)17-13(20)4-3-6-19-11-15-9-16-19/h5,7,9-12H,2-4,6,8H2,1H3,(H,17,20)/t12-/m1/s1. The molecule has 0 saturated heterocycles. The van der Waals surface area contributed by atoms with Gasteiger partial charge >= 0.3 is 0 Å². The number of nitrogens with zero attached hydrogens (tertiary/aromatic N) is 5. The van der Waals surface area contributed by atoms with Crippen LogP contribution in [-0.4, -0.2) is 36.3 Å². The first-order valence-corrected chi connectivity index (χ1v) is 6.85. The summed E-state index contributed by atoms with van der Waals surface area (Å²) in [5.41, 5.74) is 0. The van der Waals surface area contributed by atoms with Gasteiger partial charge < -0.3 is 9.88 Å². The van der Waals surface area contributed by atoms with Crippen LogP contribution in [0.1, 0.15) is 26.2 Å². The lowest BCUT2D eigenvalue weighted by molar-refractivity contribution is -0.122. The fourth-order valence-electron chi connectivity index (χ4n) is 1.98. The van der Waals surface area contributed by atoms with E-state index in [-0.39, 0.29) is 11.9 Å². The molecule has 0 aliphatic rings. The Morgan fingerprint density at radius 3 is 2.90 bits per heavy atom. The van der Waals surface area contributed by atoms with Crippen LogP contribution in [0.15, 0.2) is 31.4 Å². The van der Waals surface area contributed by atoms with Gasteiger partial charge in [0.05, 0.1) is 6.33 Å². The fourth-order valence-corrected chi connectivity index (χ4v) is 1.98. The molecule has 1 N–H and O–H groups in total. The fraction of sp³-hybridized carbons (Fsp3) is 0.538. The van der Waals surface area contributed by atoms with Crippen LogP contribution in [0.5, 0.6) is 0 Å². The first kappa shape index (κ1) is 14.2. The minimum atomic E-state index is 0.0806. The third-order valence-corrected chi connectivity index (χ3v) is 3.11. The predicted octanol–water partition coefficient (Wildman–Crippen LogP) is 0.850. The summed E-state index contributed by atoms with van der Waals surface area (Å²) in [7, 11) is 0. The summed E-state index contributed by atoms with van der Waals surface area (Å²) < 4.78 is 3.71. The third kappa shape index (κ3) is 4.49. The van der Waals surface area contributed by atoms with Crippen molar-refractivity contribution in [2.45, 2.75) is 45.3 Å². The zero-order chi connectivity index (χ0) is 14.2. The Bertz CT molecular complexity index is 493. The highest BCUT2D eigenvalue weighted by Gasteiger charge is 2.10. The molecule has 0 radical (unpaired) electrons. The first-order valence-electron chi connectivity index (χ1n) is 6.85. The normalized spacial score (nSPS) is 12.2. The molecule has 1 atom stereocenters. The monoisotopic (exact) mass is 276 g/mol. The maximum atomic E-state index is 11.9. The number of hydrogen-bond acceptors (Lipinski definition) is 4. The third-order valence-electron chi connectivity index (χ3n) is 3.11. The lowest BCUT2D eigenvalue weighted by Gasteiger charge is -2.17. The minimum absolute atomic E-state index is 0.0806. The molecule has 0 aliphatic carbocycles. The van der Waals surface area contributed by atoms with E-state index in [9.17, 15) is 4.79 Å². The lowest BCUT2D eigenvalue weighted by atomic mass is 10.2. The molecule has 7 nitrogen and oxygen atoms in total. The van der Waals surface area contributed by atoms with E-state index < -0.39 is 0 Å². The van der Waals surface area contributed by atoms with Crippen LogP contribution in [0.25, 0.3) is 0 Å². The summed E-state index contributed by atoms with van der Waals surface area (Å²) in [6.45, 7) is 3.54. The van der Waals surface area contributed by atoms with E-state index in [1.54, 1.807) is 23.5 Å².